The molecular formula is C26H26N4O4. The van der Waals surface area contributed by atoms with Gasteiger partial charge in [-0.05, 0) is 37.3 Å². The van der Waals surface area contributed by atoms with Crippen molar-refractivity contribution in [2.24, 2.45) is 5.92 Å². The first-order valence-electron chi connectivity index (χ1n) is 10.6. The number of methoxy groups -OCH3 is 1. The molecule has 0 fully saturated rings. The molecule has 1 aromatic heterocycles. The molecule has 0 aliphatic carbocycles. The Morgan fingerprint density at radius 1 is 1.12 bits per heavy atom. The molecule has 8 heteroatoms. The summed E-state index contributed by atoms with van der Waals surface area (Å²) in [6, 6.07) is 16.2. The quantitative estimate of drug-likeness (QED) is 0.283. The molecule has 0 spiro atoms. The number of nitrogens with one attached hydrogen (secondary N) is 2. The highest BCUT2D eigenvalue weighted by Crippen LogP contribution is 2.17. The van der Waals surface area contributed by atoms with Crippen molar-refractivity contribution in [1.29, 1.82) is 0 Å². The second kappa shape index (κ2) is 11.5. The Kier molecular flexibility index (Phi) is 8.21. The molecule has 3 aromatic rings. The SMILES string of the molecule is COC(=O)C(C)CNOc1cnc(N)c(C#Cc2cccc(NC(=O)c3cccc(C)c3)c2)c1. The van der Waals surface area contributed by atoms with Crippen molar-refractivity contribution in [3.8, 4) is 17.6 Å². The van der Waals surface area contributed by atoms with E-state index < -0.39 is 0 Å². The topological polar surface area (TPSA) is 116 Å². The van der Waals surface area contributed by atoms with Crippen LogP contribution in [0.3, 0.4) is 0 Å². The maximum atomic E-state index is 12.5. The molecule has 1 heterocycles. The summed E-state index contributed by atoms with van der Waals surface area (Å²) in [6.45, 7) is 3.92. The van der Waals surface area contributed by atoms with E-state index in [0.29, 0.717) is 28.1 Å². The lowest BCUT2D eigenvalue weighted by atomic mass is 10.1. The zero-order valence-corrected chi connectivity index (χ0v) is 19.2. The number of pyridine rings is 1. The molecule has 0 saturated heterocycles. The van der Waals surface area contributed by atoms with Crippen LogP contribution in [0.4, 0.5) is 11.5 Å². The molecule has 4 N–H and O–H groups in total. The Morgan fingerprint density at radius 3 is 2.68 bits per heavy atom. The first-order chi connectivity index (χ1) is 16.4. The summed E-state index contributed by atoms with van der Waals surface area (Å²) in [4.78, 5) is 33.5. The van der Waals surface area contributed by atoms with Crippen LogP contribution in [0.15, 0.2) is 60.8 Å². The number of hydrogen-bond donors (Lipinski definition) is 3. The number of benzene rings is 2. The van der Waals surface area contributed by atoms with Gasteiger partial charge in [0.25, 0.3) is 5.91 Å². The third-order valence-electron chi connectivity index (χ3n) is 4.82. The highest BCUT2D eigenvalue weighted by molar-refractivity contribution is 6.04. The van der Waals surface area contributed by atoms with Gasteiger partial charge in [-0.25, -0.2) is 4.98 Å². The number of anilines is 2. The van der Waals surface area contributed by atoms with Gasteiger partial charge in [0.2, 0.25) is 0 Å². The van der Waals surface area contributed by atoms with Crippen molar-refractivity contribution in [2.75, 3.05) is 24.7 Å². The molecular weight excluding hydrogens is 432 g/mol. The summed E-state index contributed by atoms with van der Waals surface area (Å²) in [5.74, 6) is 5.77. The Bertz CT molecular complexity index is 1250. The highest BCUT2D eigenvalue weighted by Gasteiger charge is 2.13. The fourth-order valence-corrected chi connectivity index (χ4v) is 2.95. The van der Waals surface area contributed by atoms with Gasteiger partial charge in [-0.15, -0.1) is 0 Å². The normalized spacial score (nSPS) is 11.0. The number of carbonyl (C=O) groups is 2. The molecule has 8 nitrogen and oxygen atoms in total. The summed E-state index contributed by atoms with van der Waals surface area (Å²) in [5, 5.41) is 2.88. The number of ether oxygens (including phenoxy) is 1. The van der Waals surface area contributed by atoms with Crippen molar-refractivity contribution in [2.45, 2.75) is 13.8 Å². The van der Waals surface area contributed by atoms with E-state index in [4.69, 9.17) is 10.6 Å². The van der Waals surface area contributed by atoms with Crippen LogP contribution in [0.2, 0.25) is 0 Å². The molecule has 0 aliphatic rings. The summed E-state index contributed by atoms with van der Waals surface area (Å²) in [6.07, 6.45) is 1.46. The average Bonchev–Trinajstić information content (AvgIpc) is 2.83. The number of aryl methyl sites for hydroxylation is 1. The van der Waals surface area contributed by atoms with Crippen molar-refractivity contribution >= 4 is 23.4 Å². The van der Waals surface area contributed by atoms with Gasteiger partial charge in [0.05, 0.1) is 24.8 Å². The maximum absolute atomic E-state index is 12.5. The third kappa shape index (κ3) is 6.82. The minimum absolute atomic E-state index is 0.193. The van der Waals surface area contributed by atoms with Crippen LogP contribution in [0.1, 0.15) is 34.0 Å². The van der Waals surface area contributed by atoms with Crippen LogP contribution >= 0.6 is 0 Å². The summed E-state index contributed by atoms with van der Waals surface area (Å²) in [7, 11) is 1.34. The van der Waals surface area contributed by atoms with Gasteiger partial charge in [0, 0.05) is 29.4 Å². The van der Waals surface area contributed by atoms with Crippen molar-refractivity contribution in [3.05, 3.63) is 83.0 Å². The van der Waals surface area contributed by atoms with Crippen LogP contribution in [0.25, 0.3) is 0 Å². The van der Waals surface area contributed by atoms with E-state index in [-0.39, 0.29) is 30.2 Å². The molecule has 1 atom stereocenters. The third-order valence-corrected chi connectivity index (χ3v) is 4.82. The molecule has 0 bridgehead atoms. The number of nitrogens with zero attached hydrogens (tertiary/aromatic N) is 1. The lowest BCUT2D eigenvalue weighted by Crippen LogP contribution is -2.29. The summed E-state index contributed by atoms with van der Waals surface area (Å²) >= 11 is 0. The number of nitrogens with two attached hydrogens (primary N) is 1. The number of aromatic nitrogens is 1. The number of nitrogen functional groups attached to an aromatic ring is 1. The van der Waals surface area contributed by atoms with E-state index in [1.54, 1.807) is 31.2 Å². The molecule has 2 aromatic carbocycles. The maximum Gasteiger partial charge on any atom is 0.309 e. The zero-order chi connectivity index (χ0) is 24.5. The fourth-order valence-electron chi connectivity index (χ4n) is 2.95. The van der Waals surface area contributed by atoms with E-state index in [1.165, 1.54) is 13.3 Å². The first-order valence-corrected chi connectivity index (χ1v) is 10.6. The standard InChI is InChI=1S/C26H26N4O4/c1-17-6-4-8-21(12-17)25(31)30-22-9-5-7-19(13-22)10-11-20-14-23(16-28-24(20)27)34-29-15-18(2)26(32)33-3/h4-9,12-14,16,18,29H,15H2,1-3H3,(H2,27,28)(H,30,31). The minimum Gasteiger partial charge on any atom is -0.469 e. The average molecular weight is 459 g/mol. The first kappa shape index (κ1) is 24.3. The van der Waals surface area contributed by atoms with Crippen molar-refractivity contribution < 1.29 is 19.2 Å². The predicted octanol–water partition coefficient (Wildman–Crippen LogP) is 3.32. The highest BCUT2D eigenvalue weighted by atomic mass is 16.6. The van der Waals surface area contributed by atoms with Crippen molar-refractivity contribution in [3.63, 3.8) is 0 Å². The van der Waals surface area contributed by atoms with E-state index in [1.807, 2.05) is 37.3 Å². The van der Waals surface area contributed by atoms with Crippen LogP contribution in [0.5, 0.6) is 5.75 Å². The number of carbonyl (C=O) groups excluding carboxylic acids is 2. The van der Waals surface area contributed by atoms with Crippen LogP contribution in [-0.4, -0.2) is 30.5 Å². The molecule has 1 amide bonds. The Morgan fingerprint density at radius 2 is 1.91 bits per heavy atom. The van der Waals surface area contributed by atoms with Gasteiger partial charge in [0.15, 0.2) is 5.75 Å². The number of hydrogen-bond acceptors (Lipinski definition) is 7. The predicted molar refractivity (Wildman–Crippen MR) is 130 cm³/mol. The van der Waals surface area contributed by atoms with E-state index in [2.05, 4.69) is 32.4 Å². The Labute approximate surface area is 198 Å². The lowest BCUT2D eigenvalue weighted by molar-refractivity contribution is -0.145. The number of rotatable bonds is 7. The monoisotopic (exact) mass is 458 g/mol. The smallest absolute Gasteiger partial charge is 0.309 e. The van der Waals surface area contributed by atoms with Gasteiger partial charge in [0.1, 0.15) is 5.82 Å². The van der Waals surface area contributed by atoms with E-state index in [9.17, 15) is 9.59 Å². The Hall–Kier alpha value is -4.35. The molecule has 1 unspecified atom stereocenters. The summed E-state index contributed by atoms with van der Waals surface area (Å²) in [5.41, 5.74) is 12.1. The fraction of sp³-hybridized carbons (Fsp3) is 0.192. The van der Waals surface area contributed by atoms with Gasteiger partial charge < -0.3 is 20.6 Å². The number of hydroxylamine groups is 1. The molecule has 34 heavy (non-hydrogen) atoms. The van der Waals surface area contributed by atoms with Crippen molar-refractivity contribution in [1.82, 2.24) is 10.5 Å². The molecule has 0 aliphatic heterocycles. The lowest BCUT2D eigenvalue weighted by Gasteiger charge is -2.11. The van der Waals surface area contributed by atoms with E-state index >= 15 is 0 Å². The second-order valence-electron chi connectivity index (χ2n) is 7.63. The summed E-state index contributed by atoms with van der Waals surface area (Å²) < 4.78 is 4.68. The molecule has 3 rings (SSSR count). The van der Waals surface area contributed by atoms with Gasteiger partial charge in [-0.2, -0.15) is 5.48 Å². The molecule has 0 saturated carbocycles. The second-order valence-corrected chi connectivity index (χ2v) is 7.63. The number of esters is 1. The minimum atomic E-state index is -0.371. The zero-order valence-electron chi connectivity index (χ0n) is 19.2. The molecule has 174 valence electrons. The largest absolute Gasteiger partial charge is 0.469 e. The van der Waals surface area contributed by atoms with Crippen LogP contribution < -0.4 is 21.4 Å². The van der Waals surface area contributed by atoms with Crippen LogP contribution in [0, 0.1) is 24.7 Å². The van der Waals surface area contributed by atoms with Crippen LogP contribution in [-0.2, 0) is 9.53 Å². The number of amides is 1. The van der Waals surface area contributed by atoms with Gasteiger partial charge in [-0.1, -0.05) is 42.5 Å². The van der Waals surface area contributed by atoms with E-state index in [0.717, 1.165) is 5.56 Å². The Balaban J connectivity index is 1.67. The molecule has 0 radical (unpaired) electrons. The van der Waals surface area contributed by atoms with Gasteiger partial charge in [-0.3, -0.25) is 9.59 Å². The van der Waals surface area contributed by atoms with Gasteiger partial charge >= 0.3 is 5.97 Å².